The molecule has 3 rings (SSSR count). The highest BCUT2D eigenvalue weighted by atomic mass is 32.2. The zero-order valence-electron chi connectivity index (χ0n) is 17.0. The minimum Gasteiger partial charge on any atom is -0.353 e. The van der Waals surface area contributed by atoms with E-state index in [0.717, 1.165) is 32.4 Å². The standard InChI is InChI=1S/C19H32F4N4OS/c1-11(29-18-26-24-10-27(18)2)12-5-3-6-13(9-12)25-17(28)14-7-4-8-15(16(14)20)19(21,22)23/h11-16,18,24,26H,3-10H2,1-2H3,(H,25,28)/t11-,12?,13?,14?,15?,16?,18?/m0/s1. The third-order valence-corrected chi connectivity index (χ3v) is 8.13. The van der Waals surface area contributed by atoms with Gasteiger partial charge in [-0.1, -0.05) is 19.8 Å². The topological polar surface area (TPSA) is 56.4 Å². The SMILES string of the molecule is C[C@H](SC1NNCN1C)C1CCCC(NC(=O)C2CCCC(C(F)(F)F)C2F)C1. The molecular formula is C19H32F4N4OS. The summed E-state index contributed by atoms with van der Waals surface area (Å²) >= 11 is 1.83. The number of hydrogen-bond acceptors (Lipinski definition) is 5. The lowest BCUT2D eigenvalue weighted by atomic mass is 9.78. The number of amides is 1. The van der Waals surface area contributed by atoms with Gasteiger partial charge in [0.1, 0.15) is 11.7 Å². The highest BCUT2D eigenvalue weighted by molar-refractivity contribution is 8.00. The Hall–Kier alpha value is -0.580. The molecule has 1 aliphatic heterocycles. The predicted molar refractivity (Wildman–Crippen MR) is 105 cm³/mol. The zero-order chi connectivity index (χ0) is 21.2. The molecule has 1 heterocycles. The molecule has 7 atom stereocenters. The molecule has 3 aliphatic rings. The first-order valence-corrected chi connectivity index (χ1v) is 11.5. The fraction of sp³-hybridized carbons (Fsp3) is 0.947. The number of carbonyl (C=O) groups is 1. The van der Waals surface area contributed by atoms with E-state index in [-0.39, 0.29) is 30.8 Å². The average molecular weight is 441 g/mol. The Morgan fingerprint density at radius 3 is 2.59 bits per heavy atom. The summed E-state index contributed by atoms with van der Waals surface area (Å²) in [5, 5.41) is 3.25. The van der Waals surface area contributed by atoms with Crippen molar-refractivity contribution in [3.05, 3.63) is 0 Å². The summed E-state index contributed by atoms with van der Waals surface area (Å²) in [6.45, 7) is 2.96. The fourth-order valence-corrected chi connectivity index (χ4v) is 6.08. The first kappa shape index (κ1) is 23.1. The highest BCUT2D eigenvalue weighted by Crippen LogP contribution is 2.42. The Morgan fingerprint density at radius 2 is 1.93 bits per heavy atom. The van der Waals surface area contributed by atoms with Gasteiger partial charge in [0.25, 0.3) is 0 Å². The molecule has 0 radical (unpaired) electrons. The van der Waals surface area contributed by atoms with Crippen LogP contribution in [0.25, 0.3) is 0 Å². The molecule has 168 valence electrons. The normalized spacial score (nSPS) is 38.0. The number of hydrazine groups is 1. The van der Waals surface area contributed by atoms with Gasteiger partial charge in [-0.15, -0.1) is 11.8 Å². The van der Waals surface area contributed by atoms with Crippen molar-refractivity contribution in [2.75, 3.05) is 13.7 Å². The van der Waals surface area contributed by atoms with Gasteiger partial charge >= 0.3 is 6.18 Å². The minimum atomic E-state index is -4.59. The molecule has 0 bridgehead atoms. The number of nitrogens with one attached hydrogen (secondary N) is 3. The predicted octanol–water partition coefficient (Wildman–Crippen LogP) is 3.38. The summed E-state index contributed by atoms with van der Waals surface area (Å²) in [5.74, 6) is -3.35. The van der Waals surface area contributed by atoms with Crippen molar-refractivity contribution >= 4 is 17.7 Å². The largest absolute Gasteiger partial charge is 0.394 e. The van der Waals surface area contributed by atoms with Gasteiger partial charge in [-0.2, -0.15) is 13.2 Å². The summed E-state index contributed by atoms with van der Waals surface area (Å²) in [6.07, 6.45) is -2.92. The van der Waals surface area contributed by atoms with Gasteiger partial charge in [-0.05, 0) is 45.1 Å². The monoisotopic (exact) mass is 440 g/mol. The van der Waals surface area contributed by atoms with E-state index in [1.807, 2.05) is 18.8 Å². The molecule has 1 saturated heterocycles. The maximum Gasteiger partial charge on any atom is 0.394 e. The van der Waals surface area contributed by atoms with Crippen molar-refractivity contribution in [3.8, 4) is 0 Å². The zero-order valence-corrected chi connectivity index (χ0v) is 17.8. The second-order valence-electron chi connectivity index (χ2n) is 8.69. The van der Waals surface area contributed by atoms with Crippen LogP contribution in [0.1, 0.15) is 51.9 Å². The smallest absolute Gasteiger partial charge is 0.353 e. The number of thioether (sulfide) groups is 1. The van der Waals surface area contributed by atoms with Crippen molar-refractivity contribution in [2.45, 2.75) is 81.0 Å². The van der Waals surface area contributed by atoms with Crippen molar-refractivity contribution in [1.82, 2.24) is 21.1 Å². The lowest BCUT2D eigenvalue weighted by molar-refractivity contribution is -0.204. The summed E-state index contributed by atoms with van der Waals surface area (Å²) in [6, 6.07) is -0.0878. The number of rotatable bonds is 5. The van der Waals surface area contributed by atoms with Crippen LogP contribution >= 0.6 is 11.8 Å². The number of halogens is 4. The maximum absolute atomic E-state index is 14.5. The molecule has 3 fully saturated rings. The van der Waals surface area contributed by atoms with Gasteiger partial charge < -0.3 is 5.32 Å². The molecule has 1 amide bonds. The van der Waals surface area contributed by atoms with E-state index in [0.29, 0.717) is 11.2 Å². The van der Waals surface area contributed by atoms with E-state index in [1.165, 1.54) is 0 Å². The third-order valence-electron chi connectivity index (χ3n) is 6.58. The van der Waals surface area contributed by atoms with E-state index in [2.05, 4.69) is 28.0 Å². The molecule has 0 aromatic rings. The minimum absolute atomic E-state index is 0.0878. The van der Waals surface area contributed by atoms with Crippen LogP contribution < -0.4 is 16.2 Å². The van der Waals surface area contributed by atoms with Crippen LogP contribution in [0.15, 0.2) is 0 Å². The summed E-state index contributed by atoms with van der Waals surface area (Å²) < 4.78 is 53.6. The van der Waals surface area contributed by atoms with E-state index >= 15 is 0 Å². The van der Waals surface area contributed by atoms with Gasteiger partial charge in [0.2, 0.25) is 5.91 Å². The van der Waals surface area contributed by atoms with Crippen LogP contribution in [0.4, 0.5) is 17.6 Å². The molecule has 2 saturated carbocycles. The average Bonchev–Trinajstić information content (AvgIpc) is 3.05. The molecule has 29 heavy (non-hydrogen) atoms. The van der Waals surface area contributed by atoms with Crippen molar-refractivity contribution in [3.63, 3.8) is 0 Å². The van der Waals surface area contributed by atoms with Gasteiger partial charge in [0.15, 0.2) is 0 Å². The van der Waals surface area contributed by atoms with Gasteiger partial charge in [0, 0.05) is 11.3 Å². The number of nitrogens with zero attached hydrogens (tertiary/aromatic N) is 1. The van der Waals surface area contributed by atoms with Crippen LogP contribution in [0.2, 0.25) is 0 Å². The van der Waals surface area contributed by atoms with Crippen LogP contribution in [0.3, 0.4) is 0 Å². The van der Waals surface area contributed by atoms with Gasteiger partial charge in [0.05, 0.1) is 18.5 Å². The maximum atomic E-state index is 14.5. The van der Waals surface area contributed by atoms with Gasteiger partial charge in [-0.25, -0.2) is 15.2 Å². The molecule has 0 aromatic heterocycles. The molecule has 0 aromatic carbocycles. The van der Waals surface area contributed by atoms with E-state index < -0.39 is 30.1 Å². The van der Waals surface area contributed by atoms with Crippen molar-refractivity contribution < 1.29 is 22.4 Å². The molecule has 10 heteroatoms. The van der Waals surface area contributed by atoms with Crippen molar-refractivity contribution in [1.29, 1.82) is 0 Å². The number of carbonyl (C=O) groups excluding carboxylic acids is 1. The molecule has 2 aliphatic carbocycles. The van der Waals surface area contributed by atoms with Crippen molar-refractivity contribution in [2.24, 2.45) is 17.8 Å². The third kappa shape index (κ3) is 5.77. The quantitative estimate of drug-likeness (QED) is 0.573. The highest BCUT2D eigenvalue weighted by Gasteiger charge is 2.51. The Bertz CT molecular complexity index is 567. The van der Waals surface area contributed by atoms with Crippen LogP contribution in [0.5, 0.6) is 0 Å². The van der Waals surface area contributed by atoms with E-state index in [4.69, 9.17) is 0 Å². The lowest BCUT2D eigenvalue weighted by Crippen LogP contribution is -2.49. The summed E-state index contributed by atoms with van der Waals surface area (Å²) in [5.41, 5.74) is 6.51. The Kier molecular flexibility index (Phi) is 7.72. The summed E-state index contributed by atoms with van der Waals surface area (Å²) in [4.78, 5) is 14.8. The Labute approximate surface area is 174 Å². The molecule has 5 nitrogen and oxygen atoms in total. The molecule has 0 spiro atoms. The fourth-order valence-electron chi connectivity index (χ4n) is 4.77. The number of hydrogen-bond donors (Lipinski definition) is 3. The van der Waals surface area contributed by atoms with Crippen LogP contribution in [-0.4, -0.2) is 53.7 Å². The lowest BCUT2D eigenvalue weighted by Gasteiger charge is -2.37. The Balaban J connectivity index is 1.52. The van der Waals surface area contributed by atoms with E-state index in [9.17, 15) is 22.4 Å². The first-order chi connectivity index (χ1) is 13.7. The second kappa shape index (κ2) is 9.70. The molecule has 6 unspecified atom stereocenters. The summed E-state index contributed by atoms with van der Waals surface area (Å²) in [7, 11) is 2.03. The van der Waals surface area contributed by atoms with Crippen LogP contribution in [0, 0.1) is 17.8 Å². The first-order valence-electron chi connectivity index (χ1n) is 10.5. The van der Waals surface area contributed by atoms with Gasteiger partial charge in [-0.3, -0.25) is 9.69 Å². The molecular weight excluding hydrogens is 408 g/mol. The Morgan fingerprint density at radius 1 is 1.21 bits per heavy atom. The number of alkyl halides is 4. The second-order valence-corrected chi connectivity index (χ2v) is 10.2. The molecule has 3 N–H and O–H groups in total. The van der Waals surface area contributed by atoms with Crippen LogP contribution in [-0.2, 0) is 4.79 Å². The van der Waals surface area contributed by atoms with E-state index in [1.54, 1.807) is 0 Å².